The van der Waals surface area contributed by atoms with Gasteiger partial charge in [-0.05, 0) is 36.9 Å². The van der Waals surface area contributed by atoms with E-state index in [2.05, 4.69) is 15.1 Å². The minimum absolute atomic E-state index is 0.261. The molecular weight excluding hydrogens is 368 g/mol. The first kappa shape index (κ1) is 17.9. The number of rotatable bonds is 5. The number of anilines is 1. The maximum atomic E-state index is 14.2. The monoisotopic (exact) mass is 387 g/mol. The maximum absolute atomic E-state index is 14.2. The molecule has 0 amide bonds. The average Bonchev–Trinajstić information content (AvgIpc) is 3.34. The van der Waals surface area contributed by atoms with Crippen LogP contribution in [0.4, 0.5) is 14.6 Å². The van der Waals surface area contributed by atoms with E-state index in [1.807, 2.05) is 17.3 Å². The van der Waals surface area contributed by atoms with Crippen molar-refractivity contribution in [3.8, 4) is 11.5 Å². The molecule has 0 spiro atoms. The zero-order valence-electron chi connectivity index (χ0n) is 14.9. The molecule has 0 N–H and O–H groups in total. The first-order valence-electron chi connectivity index (χ1n) is 8.89. The lowest BCUT2D eigenvalue weighted by molar-refractivity contribution is 0.576. The number of aryl methyl sites for hydroxylation is 1. The molecule has 0 atom stereocenters. The van der Waals surface area contributed by atoms with Gasteiger partial charge in [0.05, 0.1) is 12.7 Å². The molecule has 0 aliphatic carbocycles. The highest BCUT2D eigenvalue weighted by atomic mass is 32.2. The van der Waals surface area contributed by atoms with Gasteiger partial charge in [-0.2, -0.15) is 5.10 Å². The highest BCUT2D eigenvalue weighted by Crippen LogP contribution is 2.30. The highest BCUT2D eigenvalue weighted by molar-refractivity contribution is 8.00. The molecule has 1 aliphatic rings. The van der Waals surface area contributed by atoms with Crippen LogP contribution >= 0.6 is 11.9 Å². The molecule has 0 unspecified atom stereocenters. The summed E-state index contributed by atoms with van der Waals surface area (Å²) in [5.41, 5.74) is 2.07. The second-order valence-corrected chi connectivity index (χ2v) is 7.38. The molecule has 2 aromatic heterocycles. The number of hydrogen-bond acceptors (Lipinski definition) is 5. The quantitative estimate of drug-likeness (QED) is 0.617. The molecule has 4 rings (SSSR count). The molecule has 1 saturated heterocycles. The summed E-state index contributed by atoms with van der Waals surface area (Å²) in [6.07, 6.45) is 2.93. The Morgan fingerprint density at radius 1 is 1.19 bits per heavy atom. The van der Waals surface area contributed by atoms with Gasteiger partial charge in [-0.1, -0.05) is 25.1 Å². The van der Waals surface area contributed by atoms with E-state index in [-0.39, 0.29) is 5.82 Å². The first-order valence-corrected chi connectivity index (χ1v) is 9.83. The Morgan fingerprint density at radius 3 is 2.78 bits per heavy atom. The van der Waals surface area contributed by atoms with Crippen molar-refractivity contribution in [2.24, 2.45) is 0 Å². The van der Waals surface area contributed by atoms with Crippen LogP contribution in [0.1, 0.15) is 24.6 Å². The Kier molecular flexibility index (Phi) is 5.07. The van der Waals surface area contributed by atoms with Crippen LogP contribution in [0.5, 0.6) is 0 Å². The van der Waals surface area contributed by atoms with Crippen LogP contribution < -0.4 is 4.31 Å². The van der Waals surface area contributed by atoms with Gasteiger partial charge in [0.25, 0.3) is 0 Å². The standard InChI is InChI=1S/C19H19F2N5S/c1-2-14-10-17(24-25(14)12-13-6-3-4-7-15(13)20)18-22-11-16(21)19(23-18)26-8-5-9-27-26/h3-4,6-7,10-11H,2,5,8-9,12H2,1H3. The molecule has 27 heavy (non-hydrogen) atoms. The van der Waals surface area contributed by atoms with Crippen molar-refractivity contribution < 1.29 is 8.78 Å². The lowest BCUT2D eigenvalue weighted by atomic mass is 10.2. The van der Waals surface area contributed by atoms with Crippen LogP contribution in [0.2, 0.25) is 0 Å². The van der Waals surface area contributed by atoms with E-state index in [0.29, 0.717) is 29.4 Å². The Balaban J connectivity index is 1.67. The van der Waals surface area contributed by atoms with Crippen LogP contribution in [0.15, 0.2) is 36.5 Å². The number of halogens is 2. The third-order valence-corrected chi connectivity index (χ3v) is 5.59. The fraction of sp³-hybridized carbons (Fsp3) is 0.316. The molecule has 3 aromatic rings. The van der Waals surface area contributed by atoms with Crippen molar-refractivity contribution >= 4 is 17.8 Å². The zero-order chi connectivity index (χ0) is 18.8. The number of benzene rings is 1. The summed E-state index contributed by atoms with van der Waals surface area (Å²) >= 11 is 1.57. The minimum Gasteiger partial charge on any atom is -0.298 e. The normalized spacial score (nSPS) is 14.1. The van der Waals surface area contributed by atoms with E-state index in [1.165, 1.54) is 12.3 Å². The second kappa shape index (κ2) is 7.64. The summed E-state index contributed by atoms with van der Waals surface area (Å²) in [4.78, 5) is 8.53. The van der Waals surface area contributed by atoms with E-state index < -0.39 is 5.82 Å². The zero-order valence-corrected chi connectivity index (χ0v) is 15.7. The first-order chi connectivity index (χ1) is 13.2. The SMILES string of the molecule is CCc1cc(-c2ncc(F)c(N3CCCS3)n2)nn1Cc1ccccc1F. The summed E-state index contributed by atoms with van der Waals surface area (Å²) < 4.78 is 31.8. The van der Waals surface area contributed by atoms with Gasteiger partial charge in [0.2, 0.25) is 0 Å². The van der Waals surface area contributed by atoms with E-state index in [4.69, 9.17) is 0 Å². The van der Waals surface area contributed by atoms with Crippen LogP contribution in [-0.2, 0) is 13.0 Å². The minimum atomic E-state index is -0.436. The second-order valence-electron chi connectivity index (χ2n) is 6.28. The highest BCUT2D eigenvalue weighted by Gasteiger charge is 2.21. The van der Waals surface area contributed by atoms with Crippen molar-refractivity contribution in [2.75, 3.05) is 16.6 Å². The fourth-order valence-electron chi connectivity index (χ4n) is 3.05. The molecule has 0 radical (unpaired) electrons. The molecule has 1 aromatic carbocycles. The lowest BCUT2D eigenvalue weighted by Crippen LogP contribution is -2.13. The van der Waals surface area contributed by atoms with Gasteiger partial charge in [-0.3, -0.25) is 8.99 Å². The van der Waals surface area contributed by atoms with Crippen LogP contribution in [0.3, 0.4) is 0 Å². The Morgan fingerprint density at radius 2 is 2.04 bits per heavy atom. The number of aromatic nitrogens is 4. The summed E-state index contributed by atoms with van der Waals surface area (Å²) in [5, 5.41) is 4.56. The van der Waals surface area contributed by atoms with Crippen molar-refractivity contribution in [3.05, 3.63) is 59.4 Å². The smallest absolute Gasteiger partial charge is 0.184 e. The fourth-order valence-corrected chi connectivity index (χ4v) is 4.03. The summed E-state index contributed by atoms with van der Waals surface area (Å²) in [6, 6.07) is 8.53. The predicted octanol–water partition coefficient (Wildman–Crippen LogP) is 4.09. The summed E-state index contributed by atoms with van der Waals surface area (Å²) in [7, 11) is 0. The van der Waals surface area contributed by atoms with Gasteiger partial charge < -0.3 is 0 Å². The average molecular weight is 387 g/mol. The van der Waals surface area contributed by atoms with Gasteiger partial charge >= 0.3 is 0 Å². The molecule has 8 heteroatoms. The third-order valence-electron chi connectivity index (χ3n) is 4.45. The number of nitrogens with zero attached hydrogens (tertiary/aromatic N) is 5. The molecule has 1 aliphatic heterocycles. The Hall–Kier alpha value is -2.48. The lowest BCUT2D eigenvalue weighted by Gasteiger charge is -2.15. The van der Waals surface area contributed by atoms with Gasteiger partial charge in [-0.15, -0.1) is 0 Å². The molecule has 140 valence electrons. The third kappa shape index (κ3) is 3.66. The Bertz CT molecular complexity index is 953. The van der Waals surface area contributed by atoms with Crippen molar-refractivity contribution in [1.29, 1.82) is 0 Å². The van der Waals surface area contributed by atoms with Gasteiger partial charge in [0.1, 0.15) is 11.5 Å². The molecule has 5 nitrogen and oxygen atoms in total. The molecule has 0 saturated carbocycles. The van der Waals surface area contributed by atoms with Gasteiger partial charge in [0.15, 0.2) is 17.5 Å². The maximum Gasteiger partial charge on any atom is 0.184 e. The number of hydrogen-bond donors (Lipinski definition) is 0. The summed E-state index contributed by atoms with van der Waals surface area (Å²) in [5.74, 6) is 0.929. The van der Waals surface area contributed by atoms with Crippen molar-refractivity contribution in [1.82, 2.24) is 19.7 Å². The molecule has 0 bridgehead atoms. The van der Waals surface area contributed by atoms with E-state index >= 15 is 0 Å². The predicted molar refractivity (Wildman–Crippen MR) is 103 cm³/mol. The van der Waals surface area contributed by atoms with Crippen molar-refractivity contribution in [2.45, 2.75) is 26.3 Å². The van der Waals surface area contributed by atoms with Crippen LogP contribution in [-0.4, -0.2) is 32.0 Å². The largest absolute Gasteiger partial charge is 0.298 e. The van der Waals surface area contributed by atoms with Crippen LogP contribution in [0, 0.1) is 11.6 Å². The topological polar surface area (TPSA) is 46.8 Å². The van der Waals surface area contributed by atoms with E-state index in [9.17, 15) is 8.78 Å². The van der Waals surface area contributed by atoms with E-state index in [0.717, 1.165) is 30.8 Å². The summed E-state index contributed by atoms with van der Waals surface area (Å²) in [6.45, 7) is 3.10. The Labute approximate surface area is 160 Å². The van der Waals surface area contributed by atoms with Crippen LogP contribution in [0.25, 0.3) is 11.5 Å². The van der Waals surface area contributed by atoms with Crippen molar-refractivity contribution in [3.63, 3.8) is 0 Å². The molecule has 1 fully saturated rings. The van der Waals surface area contributed by atoms with Gasteiger partial charge in [0, 0.05) is 23.6 Å². The molecular formula is C19H19F2N5S. The molecule has 3 heterocycles. The van der Waals surface area contributed by atoms with E-state index in [1.54, 1.807) is 34.8 Å². The van der Waals surface area contributed by atoms with Gasteiger partial charge in [-0.25, -0.2) is 18.7 Å².